The van der Waals surface area contributed by atoms with Gasteiger partial charge in [-0.05, 0) is 44.9 Å². The van der Waals surface area contributed by atoms with Gasteiger partial charge in [-0.25, -0.2) is 0 Å². The molecule has 27 heavy (non-hydrogen) atoms. The van der Waals surface area contributed by atoms with Crippen molar-refractivity contribution in [3.8, 4) is 0 Å². The average molecular weight is 376 g/mol. The van der Waals surface area contributed by atoms with Gasteiger partial charge in [-0.3, -0.25) is 14.4 Å². The molecule has 4 aliphatic rings. The minimum Gasteiger partial charge on any atom is -0.340 e. The monoisotopic (exact) mass is 375 g/mol. The molecule has 1 saturated carbocycles. The van der Waals surface area contributed by atoms with Crippen molar-refractivity contribution in [2.45, 2.75) is 76.7 Å². The highest BCUT2D eigenvalue weighted by Crippen LogP contribution is 2.42. The first-order valence-electron chi connectivity index (χ1n) is 11.0. The zero-order valence-corrected chi connectivity index (χ0v) is 16.5. The van der Waals surface area contributed by atoms with Crippen molar-refractivity contribution in [3.63, 3.8) is 0 Å². The van der Waals surface area contributed by atoms with E-state index in [0.717, 1.165) is 57.9 Å². The highest BCUT2D eigenvalue weighted by Gasteiger charge is 2.50. The van der Waals surface area contributed by atoms with Crippen molar-refractivity contribution in [1.29, 1.82) is 0 Å². The zero-order chi connectivity index (χ0) is 18.9. The summed E-state index contributed by atoms with van der Waals surface area (Å²) in [4.78, 5) is 44.1. The first-order chi connectivity index (χ1) is 13.1. The molecule has 6 heteroatoms. The Labute approximate surface area is 162 Å². The summed E-state index contributed by atoms with van der Waals surface area (Å²) in [6.45, 7) is 2.98. The fourth-order valence-electron chi connectivity index (χ4n) is 5.60. The minimum atomic E-state index is -0.362. The molecule has 6 nitrogen and oxygen atoms in total. The van der Waals surface area contributed by atoms with Crippen molar-refractivity contribution >= 4 is 17.7 Å². The second kappa shape index (κ2) is 7.80. The Morgan fingerprint density at radius 1 is 0.926 bits per heavy atom. The molecule has 3 heterocycles. The first-order valence-corrected chi connectivity index (χ1v) is 11.0. The second-order valence-electron chi connectivity index (χ2n) is 9.01. The molecular formula is C21H33N3O3. The van der Waals surface area contributed by atoms with E-state index in [0.29, 0.717) is 38.0 Å². The topological polar surface area (TPSA) is 60.9 Å². The van der Waals surface area contributed by atoms with Crippen LogP contribution in [-0.4, -0.2) is 71.2 Å². The van der Waals surface area contributed by atoms with Gasteiger partial charge < -0.3 is 14.7 Å². The van der Waals surface area contributed by atoms with Gasteiger partial charge in [0.1, 0.15) is 0 Å². The van der Waals surface area contributed by atoms with Crippen LogP contribution in [-0.2, 0) is 14.4 Å². The van der Waals surface area contributed by atoms with Crippen LogP contribution in [0.5, 0.6) is 0 Å². The molecular weight excluding hydrogens is 342 g/mol. The van der Waals surface area contributed by atoms with E-state index in [9.17, 15) is 14.4 Å². The molecule has 0 bridgehead atoms. The normalized spacial score (nSPS) is 30.4. The number of hydrogen-bond donors (Lipinski definition) is 0. The van der Waals surface area contributed by atoms with Crippen LogP contribution in [0.3, 0.4) is 0 Å². The van der Waals surface area contributed by atoms with Gasteiger partial charge in [0.2, 0.25) is 17.7 Å². The number of carbonyl (C=O) groups excluding carboxylic acids is 3. The van der Waals surface area contributed by atoms with Crippen molar-refractivity contribution in [2.75, 3.05) is 32.7 Å². The van der Waals surface area contributed by atoms with E-state index >= 15 is 0 Å². The van der Waals surface area contributed by atoms with Gasteiger partial charge in [-0.1, -0.05) is 19.3 Å². The molecule has 150 valence electrons. The molecule has 1 aliphatic carbocycles. The Morgan fingerprint density at radius 3 is 2.56 bits per heavy atom. The molecule has 1 spiro atoms. The quantitative estimate of drug-likeness (QED) is 0.760. The molecule has 0 radical (unpaired) electrons. The van der Waals surface area contributed by atoms with Crippen molar-refractivity contribution in [3.05, 3.63) is 0 Å². The lowest BCUT2D eigenvalue weighted by molar-refractivity contribution is -0.149. The van der Waals surface area contributed by atoms with Crippen LogP contribution in [0.2, 0.25) is 0 Å². The number of nitrogens with zero attached hydrogens (tertiary/aromatic N) is 3. The van der Waals surface area contributed by atoms with Crippen LogP contribution in [0, 0.1) is 5.41 Å². The molecule has 4 rings (SSSR count). The summed E-state index contributed by atoms with van der Waals surface area (Å²) in [5, 5.41) is 0. The lowest BCUT2D eigenvalue weighted by Gasteiger charge is -2.42. The molecule has 3 saturated heterocycles. The van der Waals surface area contributed by atoms with Crippen LogP contribution >= 0.6 is 0 Å². The molecule has 3 aliphatic heterocycles. The number of piperidine rings is 1. The van der Waals surface area contributed by atoms with E-state index in [-0.39, 0.29) is 23.8 Å². The molecule has 0 aromatic rings. The Balaban J connectivity index is 1.38. The Kier molecular flexibility index (Phi) is 5.42. The van der Waals surface area contributed by atoms with E-state index in [1.165, 1.54) is 12.8 Å². The summed E-state index contributed by atoms with van der Waals surface area (Å²) in [5.41, 5.74) is -0.362. The summed E-state index contributed by atoms with van der Waals surface area (Å²) in [5.74, 6) is 0.422. The Hall–Kier alpha value is -1.59. The minimum absolute atomic E-state index is 0.0212. The average Bonchev–Trinajstić information content (AvgIpc) is 3.29. The molecule has 4 fully saturated rings. The van der Waals surface area contributed by atoms with E-state index in [4.69, 9.17) is 0 Å². The summed E-state index contributed by atoms with van der Waals surface area (Å²) < 4.78 is 0. The fraction of sp³-hybridized carbons (Fsp3) is 0.857. The Bertz CT molecular complexity index is 601. The zero-order valence-electron chi connectivity index (χ0n) is 16.5. The fourth-order valence-corrected chi connectivity index (χ4v) is 5.60. The molecule has 0 N–H and O–H groups in total. The molecule has 1 atom stereocenters. The molecule has 3 amide bonds. The predicted molar refractivity (Wildman–Crippen MR) is 102 cm³/mol. The predicted octanol–water partition coefficient (Wildman–Crippen LogP) is 2.17. The smallest absolute Gasteiger partial charge is 0.242 e. The third kappa shape index (κ3) is 3.72. The number of amides is 3. The van der Waals surface area contributed by atoms with Gasteiger partial charge in [0.05, 0.1) is 12.0 Å². The summed E-state index contributed by atoms with van der Waals surface area (Å²) in [6, 6.07) is 0.425. The van der Waals surface area contributed by atoms with Crippen molar-refractivity contribution in [2.24, 2.45) is 5.41 Å². The lowest BCUT2D eigenvalue weighted by Crippen LogP contribution is -2.53. The van der Waals surface area contributed by atoms with Gasteiger partial charge in [0, 0.05) is 38.6 Å². The summed E-state index contributed by atoms with van der Waals surface area (Å²) >= 11 is 0. The van der Waals surface area contributed by atoms with Gasteiger partial charge in [0.25, 0.3) is 0 Å². The largest absolute Gasteiger partial charge is 0.340 e. The second-order valence-corrected chi connectivity index (χ2v) is 9.01. The first kappa shape index (κ1) is 18.8. The maximum atomic E-state index is 13.3. The number of carbonyl (C=O) groups is 3. The van der Waals surface area contributed by atoms with Crippen LogP contribution in [0.4, 0.5) is 0 Å². The van der Waals surface area contributed by atoms with E-state index < -0.39 is 0 Å². The Morgan fingerprint density at radius 2 is 1.74 bits per heavy atom. The van der Waals surface area contributed by atoms with E-state index in [1.807, 2.05) is 4.90 Å². The number of hydrogen-bond acceptors (Lipinski definition) is 3. The molecule has 0 aromatic heterocycles. The van der Waals surface area contributed by atoms with Gasteiger partial charge in [-0.2, -0.15) is 0 Å². The van der Waals surface area contributed by atoms with Gasteiger partial charge in [0.15, 0.2) is 0 Å². The van der Waals surface area contributed by atoms with E-state index in [1.54, 1.807) is 4.90 Å². The number of likely N-dealkylation sites (tertiary alicyclic amines) is 3. The van der Waals surface area contributed by atoms with Crippen LogP contribution in [0.1, 0.15) is 70.6 Å². The highest BCUT2D eigenvalue weighted by molar-refractivity contribution is 5.88. The molecule has 0 unspecified atom stereocenters. The van der Waals surface area contributed by atoms with Gasteiger partial charge in [-0.15, -0.1) is 0 Å². The maximum Gasteiger partial charge on any atom is 0.242 e. The third-order valence-electron chi connectivity index (χ3n) is 7.24. The maximum absolute atomic E-state index is 13.3. The SMILES string of the molecule is O=C1CCCCCN1CC(=O)N1CC[C@@]2(CCCN(C3CCCC3)C2=O)C1. The molecule has 0 aromatic carbocycles. The summed E-state index contributed by atoms with van der Waals surface area (Å²) in [7, 11) is 0. The van der Waals surface area contributed by atoms with Crippen molar-refractivity contribution in [1.82, 2.24) is 14.7 Å². The third-order valence-corrected chi connectivity index (χ3v) is 7.24. The van der Waals surface area contributed by atoms with Crippen LogP contribution in [0.25, 0.3) is 0 Å². The van der Waals surface area contributed by atoms with Crippen molar-refractivity contribution < 1.29 is 14.4 Å². The van der Waals surface area contributed by atoms with Crippen LogP contribution in [0.15, 0.2) is 0 Å². The summed E-state index contributed by atoms with van der Waals surface area (Å²) in [6.07, 6.45) is 11.0. The highest BCUT2D eigenvalue weighted by atomic mass is 16.2. The van der Waals surface area contributed by atoms with Crippen LogP contribution < -0.4 is 0 Å². The lowest BCUT2D eigenvalue weighted by atomic mass is 9.77. The van der Waals surface area contributed by atoms with Gasteiger partial charge >= 0.3 is 0 Å². The standard InChI is InChI=1S/C21H33N3O3/c25-18-9-2-1-5-12-22(18)15-19(26)23-14-11-21(16-23)10-6-13-24(20(21)27)17-7-3-4-8-17/h17H,1-16H2/t21-/m0/s1. The number of rotatable bonds is 3. The van der Waals surface area contributed by atoms with E-state index in [2.05, 4.69) is 4.90 Å².